The van der Waals surface area contributed by atoms with Crippen LogP contribution in [0.4, 0.5) is 0 Å². The molecule has 1 atom stereocenters. The standard InChI is InChI=1S/C10H19ClO3S/c1-2-9(8-15(11,12)13)7-14-6-5-10-3-4-10/h9-10H,2-8H2,1H3. The Morgan fingerprint density at radius 1 is 1.47 bits per heavy atom. The third-order valence-electron chi connectivity index (χ3n) is 2.73. The molecule has 0 spiro atoms. The molecule has 1 rings (SSSR count). The number of rotatable bonds is 8. The molecule has 0 saturated heterocycles. The fourth-order valence-corrected chi connectivity index (χ4v) is 2.90. The minimum Gasteiger partial charge on any atom is -0.381 e. The summed E-state index contributed by atoms with van der Waals surface area (Å²) < 4.78 is 27.2. The summed E-state index contributed by atoms with van der Waals surface area (Å²) in [6.07, 6.45) is 4.56. The summed E-state index contributed by atoms with van der Waals surface area (Å²) in [6.45, 7) is 3.22. The molecule has 0 aromatic rings. The van der Waals surface area contributed by atoms with Gasteiger partial charge in [0.15, 0.2) is 0 Å². The Bertz CT molecular complexity index is 272. The van der Waals surface area contributed by atoms with Gasteiger partial charge >= 0.3 is 0 Å². The van der Waals surface area contributed by atoms with Crippen LogP contribution in [0.5, 0.6) is 0 Å². The molecule has 0 amide bonds. The fraction of sp³-hybridized carbons (Fsp3) is 1.00. The average molecular weight is 255 g/mol. The highest BCUT2D eigenvalue weighted by molar-refractivity contribution is 8.13. The highest BCUT2D eigenvalue weighted by Crippen LogP contribution is 2.32. The lowest BCUT2D eigenvalue weighted by atomic mass is 10.1. The van der Waals surface area contributed by atoms with Crippen LogP contribution in [0.15, 0.2) is 0 Å². The molecule has 3 nitrogen and oxygen atoms in total. The van der Waals surface area contributed by atoms with Gasteiger partial charge in [0.05, 0.1) is 12.4 Å². The summed E-state index contributed by atoms with van der Waals surface area (Å²) >= 11 is 0. The topological polar surface area (TPSA) is 43.4 Å². The average Bonchev–Trinajstić information content (AvgIpc) is 2.92. The van der Waals surface area contributed by atoms with Crippen molar-refractivity contribution in [1.29, 1.82) is 0 Å². The van der Waals surface area contributed by atoms with Gasteiger partial charge in [-0.25, -0.2) is 8.42 Å². The van der Waals surface area contributed by atoms with Crippen molar-refractivity contribution < 1.29 is 13.2 Å². The maximum absolute atomic E-state index is 10.9. The lowest BCUT2D eigenvalue weighted by Crippen LogP contribution is -2.17. The van der Waals surface area contributed by atoms with Crippen molar-refractivity contribution in [1.82, 2.24) is 0 Å². The van der Waals surface area contributed by atoms with Gasteiger partial charge in [0.25, 0.3) is 0 Å². The molecule has 1 unspecified atom stereocenters. The summed E-state index contributed by atoms with van der Waals surface area (Å²) in [6, 6.07) is 0. The predicted molar refractivity (Wildman–Crippen MR) is 61.6 cm³/mol. The molecule has 0 heterocycles. The Labute approximate surface area is 96.6 Å². The van der Waals surface area contributed by atoms with E-state index in [4.69, 9.17) is 15.4 Å². The van der Waals surface area contributed by atoms with Gasteiger partial charge in [0.1, 0.15) is 0 Å². The van der Waals surface area contributed by atoms with Crippen molar-refractivity contribution in [2.75, 3.05) is 19.0 Å². The van der Waals surface area contributed by atoms with E-state index in [2.05, 4.69) is 0 Å². The van der Waals surface area contributed by atoms with Gasteiger partial charge in [0, 0.05) is 17.3 Å². The van der Waals surface area contributed by atoms with Gasteiger partial charge in [-0.05, 0) is 18.3 Å². The second kappa shape index (κ2) is 6.06. The van der Waals surface area contributed by atoms with Crippen LogP contribution in [0.2, 0.25) is 0 Å². The van der Waals surface area contributed by atoms with Gasteiger partial charge in [0.2, 0.25) is 9.05 Å². The lowest BCUT2D eigenvalue weighted by molar-refractivity contribution is 0.0995. The Morgan fingerprint density at radius 3 is 2.60 bits per heavy atom. The molecule has 90 valence electrons. The maximum Gasteiger partial charge on any atom is 0.232 e. The lowest BCUT2D eigenvalue weighted by Gasteiger charge is -2.12. The minimum atomic E-state index is -3.38. The molecule has 1 saturated carbocycles. The fourth-order valence-electron chi connectivity index (χ4n) is 1.47. The van der Waals surface area contributed by atoms with Crippen LogP contribution in [0.25, 0.3) is 0 Å². The minimum absolute atomic E-state index is 0.0223. The molecule has 15 heavy (non-hydrogen) atoms. The van der Waals surface area contributed by atoms with Crippen molar-refractivity contribution in [3.8, 4) is 0 Å². The number of ether oxygens (including phenoxy) is 1. The molecule has 0 bridgehead atoms. The van der Waals surface area contributed by atoms with E-state index in [9.17, 15) is 8.42 Å². The molecule has 0 radical (unpaired) electrons. The summed E-state index contributed by atoms with van der Waals surface area (Å²) in [7, 11) is 1.81. The van der Waals surface area contributed by atoms with Crippen molar-refractivity contribution >= 4 is 19.7 Å². The van der Waals surface area contributed by atoms with Crippen LogP contribution in [-0.4, -0.2) is 27.4 Å². The first-order valence-electron chi connectivity index (χ1n) is 5.51. The van der Waals surface area contributed by atoms with Gasteiger partial charge in [-0.1, -0.05) is 26.2 Å². The van der Waals surface area contributed by atoms with E-state index in [1.165, 1.54) is 12.8 Å². The summed E-state index contributed by atoms with van der Waals surface area (Å²) in [5.41, 5.74) is 0. The molecule has 1 fully saturated rings. The van der Waals surface area contributed by atoms with Crippen LogP contribution in [0.3, 0.4) is 0 Å². The molecular weight excluding hydrogens is 236 g/mol. The van der Waals surface area contributed by atoms with Crippen molar-refractivity contribution in [2.45, 2.75) is 32.6 Å². The third kappa shape index (κ3) is 7.14. The van der Waals surface area contributed by atoms with Crippen LogP contribution in [0.1, 0.15) is 32.6 Å². The zero-order valence-electron chi connectivity index (χ0n) is 9.12. The smallest absolute Gasteiger partial charge is 0.232 e. The second-order valence-electron chi connectivity index (χ2n) is 4.29. The van der Waals surface area contributed by atoms with Crippen LogP contribution >= 0.6 is 10.7 Å². The molecule has 0 aromatic heterocycles. The van der Waals surface area contributed by atoms with Gasteiger partial charge in [-0.3, -0.25) is 0 Å². The van der Waals surface area contributed by atoms with E-state index in [0.717, 1.165) is 25.4 Å². The van der Waals surface area contributed by atoms with Crippen molar-refractivity contribution in [3.05, 3.63) is 0 Å². The molecule has 0 N–H and O–H groups in total. The first kappa shape index (κ1) is 13.3. The molecule has 5 heteroatoms. The summed E-state index contributed by atoms with van der Waals surface area (Å²) in [5, 5.41) is 0. The maximum atomic E-state index is 10.9. The van der Waals surface area contributed by atoms with Gasteiger partial charge in [-0.2, -0.15) is 0 Å². The molecule has 0 aromatic carbocycles. The Kier molecular flexibility index (Phi) is 5.36. The molecule has 1 aliphatic rings. The predicted octanol–water partition coefficient (Wildman–Crippen LogP) is 2.40. The SMILES string of the molecule is CCC(COCCC1CC1)CS(=O)(=O)Cl. The second-order valence-corrected chi connectivity index (χ2v) is 7.11. The van der Waals surface area contributed by atoms with Crippen molar-refractivity contribution in [2.24, 2.45) is 11.8 Å². The molecule has 0 aliphatic heterocycles. The van der Waals surface area contributed by atoms with E-state index < -0.39 is 9.05 Å². The van der Waals surface area contributed by atoms with Crippen LogP contribution < -0.4 is 0 Å². The van der Waals surface area contributed by atoms with E-state index >= 15 is 0 Å². The van der Waals surface area contributed by atoms with Gasteiger partial charge < -0.3 is 4.74 Å². The molecular formula is C10H19ClO3S. The highest BCUT2D eigenvalue weighted by Gasteiger charge is 2.21. The number of hydrogen-bond donors (Lipinski definition) is 0. The molecule has 1 aliphatic carbocycles. The van der Waals surface area contributed by atoms with E-state index in [1.807, 2.05) is 6.92 Å². The van der Waals surface area contributed by atoms with Crippen molar-refractivity contribution in [3.63, 3.8) is 0 Å². The van der Waals surface area contributed by atoms with Gasteiger partial charge in [-0.15, -0.1) is 0 Å². The van der Waals surface area contributed by atoms with E-state index in [0.29, 0.717) is 6.61 Å². The number of hydrogen-bond acceptors (Lipinski definition) is 3. The zero-order chi connectivity index (χ0) is 11.3. The first-order chi connectivity index (χ1) is 7.01. The van der Waals surface area contributed by atoms with Crippen LogP contribution in [0, 0.1) is 11.8 Å². The Morgan fingerprint density at radius 2 is 2.13 bits per heavy atom. The number of halogens is 1. The Hall–Kier alpha value is 0.200. The monoisotopic (exact) mass is 254 g/mol. The van der Waals surface area contributed by atoms with E-state index in [-0.39, 0.29) is 11.7 Å². The summed E-state index contributed by atoms with van der Waals surface area (Å²) in [4.78, 5) is 0. The summed E-state index contributed by atoms with van der Waals surface area (Å²) in [5.74, 6) is 0.919. The third-order valence-corrected chi connectivity index (χ3v) is 3.98. The van der Waals surface area contributed by atoms with E-state index in [1.54, 1.807) is 0 Å². The van der Waals surface area contributed by atoms with Crippen LogP contribution in [-0.2, 0) is 13.8 Å². The largest absolute Gasteiger partial charge is 0.381 e. The zero-order valence-corrected chi connectivity index (χ0v) is 10.7. The first-order valence-corrected chi connectivity index (χ1v) is 7.99. The highest BCUT2D eigenvalue weighted by atomic mass is 35.7. The Balaban J connectivity index is 2.09. The quantitative estimate of drug-likeness (QED) is 0.494. The normalized spacial score (nSPS) is 19.1.